The molecule has 1 aromatic rings. The molecule has 0 spiro atoms. The number of nitrogens with two attached hydrogens (primary N) is 1. The molecule has 1 heterocycles. The minimum absolute atomic E-state index is 0.607. The molecule has 0 radical (unpaired) electrons. The third-order valence-electron chi connectivity index (χ3n) is 3.04. The maximum absolute atomic E-state index is 9.00. The van der Waals surface area contributed by atoms with E-state index < -0.39 is 0 Å². The van der Waals surface area contributed by atoms with Crippen molar-refractivity contribution in [3.05, 3.63) is 4.88 Å². The molecule has 0 saturated heterocycles. The van der Waals surface area contributed by atoms with E-state index in [0.717, 1.165) is 42.5 Å². The number of nitrogens with one attached hydrogen (secondary N) is 1. The van der Waals surface area contributed by atoms with Crippen LogP contribution in [0.5, 0.6) is 0 Å². The zero-order chi connectivity index (χ0) is 14.3. The van der Waals surface area contributed by atoms with Crippen LogP contribution in [0.25, 0.3) is 0 Å². The molecule has 6 heteroatoms. The highest BCUT2D eigenvalue weighted by molar-refractivity contribution is 7.99. The molecular weight excluding hydrogens is 276 g/mol. The molecule has 1 rings (SSSR count). The molecule has 0 fully saturated rings. The van der Waals surface area contributed by atoms with Gasteiger partial charge in [0.2, 0.25) is 0 Å². The Morgan fingerprint density at radius 3 is 2.63 bits per heavy atom. The molecule has 0 saturated carbocycles. The summed E-state index contributed by atoms with van der Waals surface area (Å²) in [5.41, 5.74) is 6.56. The van der Waals surface area contributed by atoms with Gasteiger partial charge in [0.1, 0.15) is 15.9 Å². The summed E-state index contributed by atoms with van der Waals surface area (Å²) in [7, 11) is 0. The van der Waals surface area contributed by atoms with Crippen LogP contribution in [0.3, 0.4) is 0 Å². The molecule has 106 valence electrons. The molecule has 0 aliphatic heterocycles. The van der Waals surface area contributed by atoms with Crippen molar-refractivity contribution >= 4 is 33.8 Å². The van der Waals surface area contributed by atoms with Crippen molar-refractivity contribution in [1.82, 2.24) is 4.90 Å². The van der Waals surface area contributed by atoms with Gasteiger partial charge >= 0.3 is 0 Å². The van der Waals surface area contributed by atoms with Gasteiger partial charge in [0.15, 0.2) is 0 Å². The molecule has 0 amide bonds. The average molecular weight is 298 g/mol. The van der Waals surface area contributed by atoms with Gasteiger partial charge in [-0.25, -0.2) is 0 Å². The van der Waals surface area contributed by atoms with Gasteiger partial charge in [0.05, 0.1) is 10.6 Å². The third kappa shape index (κ3) is 4.30. The summed E-state index contributed by atoms with van der Waals surface area (Å²) >= 11 is 3.04. The number of thioether (sulfide) groups is 1. The zero-order valence-electron chi connectivity index (χ0n) is 11.8. The molecule has 0 aromatic carbocycles. The first kappa shape index (κ1) is 16.2. The van der Waals surface area contributed by atoms with Crippen LogP contribution in [-0.4, -0.2) is 37.3 Å². The summed E-state index contributed by atoms with van der Waals surface area (Å²) in [5, 5.41) is 13.4. The molecule has 4 nitrogen and oxygen atoms in total. The van der Waals surface area contributed by atoms with E-state index in [0.29, 0.717) is 10.6 Å². The van der Waals surface area contributed by atoms with Gasteiger partial charge in [-0.1, -0.05) is 13.8 Å². The molecule has 0 aliphatic carbocycles. The first-order valence-electron chi connectivity index (χ1n) is 6.50. The lowest BCUT2D eigenvalue weighted by atomic mass is 10.3. The summed E-state index contributed by atoms with van der Waals surface area (Å²) in [4.78, 5) is 4.01. The highest BCUT2D eigenvalue weighted by atomic mass is 32.2. The Morgan fingerprint density at radius 1 is 1.42 bits per heavy atom. The van der Waals surface area contributed by atoms with Gasteiger partial charge < -0.3 is 16.0 Å². The Morgan fingerprint density at radius 2 is 2.11 bits per heavy atom. The van der Waals surface area contributed by atoms with Crippen molar-refractivity contribution in [1.29, 1.82) is 5.26 Å². The first-order chi connectivity index (χ1) is 9.17. The summed E-state index contributed by atoms with van der Waals surface area (Å²) in [6, 6.07) is 2.15. The number of thiophene rings is 1. The molecule has 3 N–H and O–H groups in total. The second-order valence-electron chi connectivity index (χ2n) is 4.13. The Labute approximate surface area is 124 Å². The van der Waals surface area contributed by atoms with Crippen LogP contribution in [0.1, 0.15) is 25.1 Å². The minimum atomic E-state index is 0.607. The van der Waals surface area contributed by atoms with Crippen LogP contribution in [0, 0.1) is 11.3 Å². The zero-order valence-corrected chi connectivity index (χ0v) is 13.5. The molecule has 19 heavy (non-hydrogen) atoms. The third-order valence-corrected chi connectivity index (χ3v) is 5.07. The van der Waals surface area contributed by atoms with Gasteiger partial charge in [-0.2, -0.15) is 5.26 Å². The van der Waals surface area contributed by atoms with Crippen molar-refractivity contribution in [2.24, 2.45) is 0 Å². The summed E-state index contributed by atoms with van der Waals surface area (Å²) in [6.07, 6.45) is 3.08. The smallest absolute Gasteiger partial charge is 0.131 e. The standard InChI is InChI=1S/C13H22N4S2/c1-4-17(5-2)8-6-7-16-13-12(18-3)11(15)10(9-14)19-13/h16H,4-8,15H2,1-3H3. The lowest BCUT2D eigenvalue weighted by Gasteiger charge is -2.17. The molecule has 0 atom stereocenters. The van der Waals surface area contributed by atoms with E-state index in [2.05, 4.69) is 30.1 Å². The number of nitrogens with zero attached hydrogens (tertiary/aromatic N) is 2. The van der Waals surface area contributed by atoms with Crippen molar-refractivity contribution < 1.29 is 0 Å². The van der Waals surface area contributed by atoms with Crippen molar-refractivity contribution in [3.8, 4) is 6.07 Å². The van der Waals surface area contributed by atoms with E-state index in [1.165, 1.54) is 11.3 Å². The van der Waals surface area contributed by atoms with Gasteiger partial charge in [-0.15, -0.1) is 23.1 Å². The molecule has 0 bridgehead atoms. The Kier molecular flexibility index (Phi) is 7.06. The van der Waals surface area contributed by atoms with E-state index in [4.69, 9.17) is 11.0 Å². The van der Waals surface area contributed by atoms with Crippen LogP contribution in [0.4, 0.5) is 10.7 Å². The van der Waals surface area contributed by atoms with Crippen molar-refractivity contribution in [2.45, 2.75) is 25.2 Å². The fourth-order valence-electron chi connectivity index (χ4n) is 1.88. The molecule has 1 aromatic heterocycles. The van der Waals surface area contributed by atoms with Crippen LogP contribution < -0.4 is 11.1 Å². The SMILES string of the molecule is CCN(CC)CCCNc1sc(C#N)c(N)c1SC. The van der Waals surface area contributed by atoms with Gasteiger partial charge in [-0.3, -0.25) is 0 Å². The van der Waals surface area contributed by atoms with Crippen LogP contribution >= 0.6 is 23.1 Å². The Hall–Kier alpha value is -0.900. The fourth-order valence-corrected chi connectivity index (χ4v) is 3.73. The lowest BCUT2D eigenvalue weighted by Crippen LogP contribution is -2.25. The van der Waals surface area contributed by atoms with Gasteiger partial charge in [-0.05, 0) is 32.3 Å². The monoisotopic (exact) mass is 298 g/mol. The normalized spacial score (nSPS) is 10.7. The summed E-state index contributed by atoms with van der Waals surface area (Å²) in [6.45, 7) is 8.56. The van der Waals surface area contributed by atoms with Crippen molar-refractivity contribution in [2.75, 3.05) is 43.5 Å². The Balaban J connectivity index is 2.52. The summed E-state index contributed by atoms with van der Waals surface area (Å²) < 4.78 is 0. The number of rotatable bonds is 8. The molecule has 0 aliphatic rings. The average Bonchev–Trinajstić information content (AvgIpc) is 2.74. The topological polar surface area (TPSA) is 65.1 Å². The highest BCUT2D eigenvalue weighted by Crippen LogP contribution is 2.41. The maximum atomic E-state index is 9.00. The van der Waals surface area contributed by atoms with Crippen LogP contribution in [0.2, 0.25) is 0 Å². The van der Waals surface area contributed by atoms with E-state index in [9.17, 15) is 0 Å². The predicted molar refractivity (Wildman–Crippen MR) is 86.1 cm³/mol. The summed E-state index contributed by atoms with van der Waals surface area (Å²) in [5.74, 6) is 0. The highest BCUT2D eigenvalue weighted by Gasteiger charge is 2.14. The predicted octanol–water partition coefficient (Wildman–Crippen LogP) is 3.07. The maximum Gasteiger partial charge on any atom is 0.131 e. The number of nitriles is 1. The number of hydrogen-bond donors (Lipinski definition) is 2. The minimum Gasteiger partial charge on any atom is -0.396 e. The van der Waals surface area contributed by atoms with E-state index in [-0.39, 0.29) is 0 Å². The largest absolute Gasteiger partial charge is 0.396 e. The second-order valence-corrected chi connectivity index (χ2v) is 5.96. The first-order valence-corrected chi connectivity index (χ1v) is 8.54. The van der Waals surface area contributed by atoms with E-state index >= 15 is 0 Å². The molecule has 0 unspecified atom stereocenters. The van der Waals surface area contributed by atoms with Crippen LogP contribution in [0.15, 0.2) is 4.90 Å². The number of nitrogen functional groups attached to an aromatic ring is 1. The number of hydrogen-bond acceptors (Lipinski definition) is 6. The van der Waals surface area contributed by atoms with E-state index in [1.54, 1.807) is 11.8 Å². The molecular formula is C13H22N4S2. The van der Waals surface area contributed by atoms with Gasteiger partial charge in [0.25, 0.3) is 0 Å². The van der Waals surface area contributed by atoms with Crippen molar-refractivity contribution in [3.63, 3.8) is 0 Å². The Bertz CT molecular complexity index is 433. The quantitative estimate of drug-likeness (QED) is 0.570. The fraction of sp³-hybridized carbons (Fsp3) is 0.615. The number of anilines is 2. The second kappa shape index (κ2) is 8.31. The lowest BCUT2D eigenvalue weighted by molar-refractivity contribution is 0.303. The van der Waals surface area contributed by atoms with E-state index in [1.807, 2.05) is 6.26 Å². The van der Waals surface area contributed by atoms with Gasteiger partial charge in [0, 0.05) is 6.54 Å². The van der Waals surface area contributed by atoms with Crippen LogP contribution in [-0.2, 0) is 0 Å².